The molecule has 0 saturated carbocycles. The van der Waals surface area contributed by atoms with E-state index in [0.717, 1.165) is 5.56 Å². The van der Waals surface area contributed by atoms with Gasteiger partial charge in [0.15, 0.2) is 0 Å². The van der Waals surface area contributed by atoms with Gasteiger partial charge in [0, 0.05) is 6.92 Å². The second-order valence-electron chi connectivity index (χ2n) is 7.92. The van der Waals surface area contributed by atoms with Crippen LogP contribution in [0.4, 0.5) is 11.4 Å². The molecule has 3 aromatic rings. The van der Waals surface area contributed by atoms with E-state index in [0.29, 0.717) is 28.6 Å². The van der Waals surface area contributed by atoms with Crippen LogP contribution >= 0.6 is 0 Å². The molecule has 2 amide bonds. The van der Waals surface area contributed by atoms with Crippen LogP contribution in [0.3, 0.4) is 0 Å². The Morgan fingerprint density at radius 1 is 0.824 bits per heavy atom. The van der Waals surface area contributed by atoms with Gasteiger partial charge in [-0.1, -0.05) is 18.2 Å². The van der Waals surface area contributed by atoms with Crippen molar-refractivity contribution in [2.75, 3.05) is 17.0 Å². The number of rotatable bonds is 5. The summed E-state index contributed by atoms with van der Waals surface area (Å²) in [6.45, 7) is 1.31. The third-order valence-corrected chi connectivity index (χ3v) is 5.81. The van der Waals surface area contributed by atoms with Crippen molar-refractivity contribution in [1.82, 2.24) is 0 Å². The fourth-order valence-electron chi connectivity index (χ4n) is 4.29. The van der Waals surface area contributed by atoms with Gasteiger partial charge in [0.2, 0.25) is 5.91 Å². The predicted octanol–water partition coefficient (Wildman–Crippen LogP) is 3.40. The Balaban J connectivity index is 1.55. The number of hydrazone groups is 1. The number of hydrogen-bond donors (Lipinski definition) is 0. The number of imide groups is 1. The van der Waals surface area contributed by atoms with E-state index in [-0.39, 0.29) is 11.8 Å². The van der Waals surface area contributed by atoms with Gasteiger partial charge in [-0.2, -0.15) is 5.10 Å². The fraction of sp³-hybridized carbons (Fsp3) is 0.154. The summed E-state index contributed by atoms with van der Waals surface area (Å²) in [5, 5.41) is 6.35. The number of hydrogen-bond acceptors (Lipinski definition) is 7. The zero-order chi connectivity index (χ0) is 23.8. The first kappa shape index (κ1) is 21.4. The average Bonchev–Trinajstić information content (AvgIpc) is 3.37. The van der Waals surface area contributed by atoms with Crippen LogP contribution in [0.15, 0.2) is 84.0 Å². The number of nitrogens with zero attached hydrogens (tertiary/aromatic N) is 3. The molecule has 0 radical (unpaired) electrons. The molecular weight excluding hydrogens is 434 g/mol. The molecule has 34 heavy (non-hydrogen) atoms. The highest BCUT2D eigenvalue weighted by Crippen LogP contribution is 2.39. The highest BCUT2D eigenvalue weighted by Gasteiger charge is 2.57. The quantitative estimate of drug-likeness (QED) is 0.333. The minimum absolute atomic E-state index is 0.335. The Kier molecular flexibility index (Phi) is 5.33. The maximum atomic E-state index is 13.6. The lowest BCUT2D eigenvalue weighted by atomic mass is 9.93. The molecule has 8 heteroatoms. The molecule has 2 heterocycles. The monoisotopic (exact) mass is 455 g/mol. The Morgan fingerprint density at radius 2 is 1.47 bits per heavy atom. The van der Waals surface area contributed by atoms with E-state index in [9.17, 15) is 14.4 Å². The normalized spacial score (nSPS) is 19.2. The number of benzene rings is 3. The maximum Gasteiger partial charge on any atom is 0.308 e. The second-order valence-corrected chi connectivity index (χ2v) is 7.92. The molecule has 8 nitrogen and oxygen atoms in total. The van der Waals surface area contributed by atoms with Crippen LogP contribution in [0.5, 0.6) is 11.5 Å². The minimum Gasteiger partial charge on any atom is -0.497 e. The molecule has 1 fully saturated rings. The second kappa shape index (κ2) is 8.47. The highest BCUT2D eigenvalue weighted by molar-refractivity contribution is 6.34. The van der Waals surface area contributed by atoms with Crippen molar-refractivity contribution < 1.29 is 23.9 Å². The Morgan fingerprint density at radius 3 is 2.09 bits per heavy atom. The number of carbonyl (C=O) groups excluding carboxylic acids is 3. The lowest BCUT2D eigenvalue weighted by molar-refractivity contribution is -0.132. The highest BCUT2D eigenvalue weighted by atomic mass is 16.5. The van der Waals surface area contributed by atoms with E-state index in [1.54, 1.807) is 48.5 Å². The fourth-order valence-corrected chi connectivity index (χ4v) is 4.29. The van der Waals surface area contributed by atoms with E-state index in [1.165, 1.54) is 11.8 Å². The SMILES string of the molecule is COc1ccc(C2=NN(c3ccccc3)[C@H]3C(=O)N(c4ccc(OC(C)=O)cc4)C(=O)[C@H]23)cc1. The van der Waals surface area contributed by atoms with Gasteiger partial charge in [0.05, 0.1) is 24.2 Å². The van der Waals surface area contributed by atoms with Crippen molar-refractivity contribution in [1.29, 1.82) is 0 Å². The molecule has 0 bridgehead atoms. The number of para-hydroxylation sites is 1. The zero-order valence-electron chi connectivity index (χ0n) is 18.5. The van der Waals surface area contributed by atoms with Gasteiger partial charge in [-0.25, -0.2) is 4.90 Å². The largest absolute Gasteiger partial charge is 0.497 e. The van der Waals surface area contributed by atoms with Gasteiger partial charge in [0.25, 0.3) is 5.91 Å². The molecule has 0 unspecified atom stereocenters. The topological polar surface area (TPSA) is 88.5 Å². The van der Waals surface area contributed by atoms with Gasteiger partial charge < -0.3 is 9.47 Å². The number of anilines is 2. The van der Waals surface area contributed by atoms with Crippen molar-refractivity contribution in [2.24, 2.45) is 11.0 Å². The summed E-state index contributed by atoms with van der Waals surface area (Å²) in [6.07, 6.45) is 0. The summed E-state index contributed by atoms with van der Waals surface area (Å²) in [7, 11) is 1.58. The Hall–Kier alpha value is -4.46. The maximum absolute atomic E-state index is 13.6. The van der Waals surface area contributed by atoms with Gasteiger partial charge in [-0.15, -0.1) is 0 Å². The smallest absolute Gasteiger partial charge is 0.308 e. The first-order valence-corrected chi connectivity index (χ1v) is 10.7. The minimum atomic E-state index is -0.805. The van der Waals surface area contributed by atoms with Gasteiger partial charge >= 0.3 is 5.97 Å². The molecule has 0 spiro atoms. The number of amides is 2. The summed E-state index contributed by atoms with van der Waals surface area (Å²) in [6, 6.07) is 22.0. The number of fused-ring (bicyclic) bond motifs is 1. The van der Waals surface area contributed by atoms with E-state index < -0.39 is 17.9 Å². The lowest BCUT2D eigenvalue weighted by Gasteiger charge is -2.22. The molecule has 1 saturated heterocycles. The molecular formula is C26H21N3O5. The summed E-state index contributed by atoms with van der Waals surface area (Å²) in [5.74, 6) is -0.928. The van der Waals surface area contributed by atoms with E-state index in [2.05, 4.69) is 0 Å². The first-order valence-electron chi connectivity index (χ1n) is 10.7. The number of methoxy groups -OCH3 is 1. The standard InChI is InChI=1S/C26H21N3O5/c1-16(30)34-21-14-10-18(11-15-21)28-25(31)22-23(17-8-12-20(33-2)13-9-17)27-29(24(22)26(28)32)19-6-4-3-5-7-19/h3-15,22,24H,1-2H3/t22-,24-/m1/s1. The molecule has 2 aliphatic heterocycles. The lowest BCUT2D eigenvalue weighted by Crippen LogP contribution is -2.39. The van der Waals surface area contributed by atoms with Gasteiger partial charge in [0.1, 0.15) is 23.5 Å². The van der Waals surface area contributed by atoms with Gasteiger partial charge in [-0.3, -0.25) is 19.4 Å². The van der Waals surface area contributed by atoms with Crippen molar-refractivity contribution in [3.63, 3.8) is 0 Å². The molecule has 2 atom stereocenters. The molecule has 2 aliphatic rings. The van der Waals surface area contributed by atoms with Crippen molar-refractivity contribution in [3.8, 4) is 11.5 Å². The van der Waals surface area contributed by atoms with Crippen LogP contribution in [0.1, 0.15) is 12.5 Å². The molecule has 0 N–H and O–H groups in total. The van der Waals surface area contributed by atoms with E-state index >= 15 is 0 Å². The third kappa shape index (κ3) is 3.59. The van der Waals surface area contributed by atoms with E-state index in [4.69, 9.17) is 14.6 Å². The molecule has 0 aliphatic carbocycles. The van der Waals surface area contributed by atoms with Crippen molar-refractivity contribution in [3.05, 3.63) is 84.4 Å². The van der Waals surface area contributed by atoms with Crippen LogP contribution in [0.2, 0.25) is 0 Å². The summed E-state index contributed by atoms with van der Waals surface area (Å²) >= 11 is 0. The summed E-state index contributed by atoms with van der Waals surface area (Å²) in [5.41, 5.74) is 2.38. The molecule has 5 rings (SSSR count). The molecule has 0 aromatic heterocycles. The predicted molar refractivity (Wildman–Crippen MR) is 126 cm³/mol. The number of ether oxygens (including phenoxy) is 2. The van der Waals surface area contributed by atoms with Crippen LogP contribution < -0.4 is 19.4 Å². The van der Waals surface area contributed by atoms with Crippen LogP contribution in [0, 0.1) is 5.92 Å². The molecule has 170 valence electrons. The average molecular weight is 455 g/mol. The summed E-state index contributed by atoms with van der Waals surface area (Å²) < 4.78 is 10.3. The molecule has 3 aromatic carbocycles. The summed E-state index contributed by atoms with van der Waals surface area (Å²) in [4.78, 5) is 39.6. The Bertz CT molecular complexity index is 1290. The van der Waals surface area contributed by atoms with E-state index in [1.807, 2.05) is 42.5 Å². The van der Waals surface area contributed by atoms with Gasteiger partial charge in [-0.05, 0) is 66.2 Å². The zero-order valence-corrected chi connectivity index (χ0v) is 18.5. The first-order chi connectivity index (χ1) is 16.5. The van der Waals surface area contributed by atoms with Crippen LogP contribution in [0.25, 0.3) is 0 Å². The third-order valence-electron chi connectivity index (χ3n) is 5.81. The van der Waals surface area contributed by atoms with Crippen molar-refractivity contribution in [2.45, 2.75) is 13.0 Å². The van der Waals surface area contributed by atoms with Crippen LogP contribution in [-0.2, 0) is 14.4 Å². The number of esters is 1. The van der Waals surface area contributed by atoms with Crippen LogP contribution in [-0.4, -0.2) is 36.6 Å². The number of carbonyl (C=O) groups is 3. The van der Waals surface area contributed by atoms with Crippen molar-refractivity contribution >= 4 is 34.9 Å². The Labute approximate surface area is 196 Å².